The first-order chi connectivity index (χ1) is 13.3. The Morgan fingerprint density at radius 1 is 0.556 bits per heavy atom. The van der Waals surface area contributed by atoms with Gasteiger partial charge >= 0.3 is 0 Å². The summed E-state index contributed by atoms with van der Waals surface area (Å²) in [4.78, 5) is 0. The second-order valence-electron chi connectivity index (χ2n) is 8.24. The van der Waals surface area contributed by atoms with Crippen LogP contribution in [-0.4, -0.2) is 39.3 Å². The van der Waals surface area contributed by atoms with Crippen LogP contribution < -0.4 is 22.1 Å². The van der Waals surface area contributed by atoms with Crippen molar-refractivity contribution in [2.75, 3.05) is 39.3 Å². The molecule has 0 aromatic rings. The van der Waals surface area contributed by atoms with Crippen LogP contribution >= 0.6 is 0 Å². The van der Waals surface area contributed by atoms with Gasteiger partial charge < -0.3 is 22.1 Å². The molecule has 0 bridgehead atoms. The van der Waals surface area contributed by atoms with Gasteiger partial charge in [0.1, 0.15) is 0 Å². The third-order valence-corrected chi connectivity index (χ3v) is 5.47. The maximum absolute atomic E-state index is 5.57. The van der Waals surface area contributed by atoms with Crippen LogP contribution in [0.1, 0.15) is 103 Å². The average Bonchev–Trinajstić information content (AvgIpc) is 2.68. The van der Waals surface area contributed by atoms with E-state index in [0.29, 0.717) is 5.92 Å². The zero-order valence-corrected chi connectivity index (χ0v) is 18.6. The number of unbranched alkanes of at least 4 members (excludes halogenated alkanes) is 13. The molecule has 0 aliphatic heterocycles. The molecule has 0 radical (unpaired) electrons. The monoisotopic (exact) mass is 384 g/mol. The normalized spacial score (nSPS) is 11.6. The van der Waals surface area contributed by atoms with Crippen molar-refractivity contribution in [2.45, 2.75) is 103 Å². The Kier molecular flexibility index (Phi) is 23.7. The van der Waals surface area contributed by atoms with Gasteiger partial charge in [-0.05, 0) is 25.4 Å². The molecule has 0 amide bonds. The zero-order chi connectivity index (χ0) is 19.8. The highest BCUT2D eigenvalue weighted by Gasteiger charge is 2.07. The van der Waals surface area contributed by atoms with Crippen LogP contribution in [0.15, 0.2) is 0 Å². The molecule has 4 heteroatoms. The summed E-state index contributed by atoms with van der Waals surface area (Å²) >= 11 is 0. The number of nitrogens with one attached hydrogen (secondary N) is 2. The van der Waals surface area contributed by atoms with Gasteiger partial charge in [-0.3, -0.25) is 0 Å². The molecule has 0 unspecified atom stereocenters. The molecule has 0 aliphatic rings. The largest absolute Gasteiger partial charge is 0.329 e. The van der Waals surface area contributed by atoms with E-state index in [1.54, 1.807) is 0 Å². The van der Waals surface area contributed by atoms with Crippen molar-refractivity contribution in [2.24, 2.45) is 17.4 Å². The number of hydrogen-bond donors (Lipinski definition) is 4. The topological polar surface area (TPSA) is 76.1 Å². The quantitative estimate of drug-likeness (QED) is 0.195. The molecule has 164 valence electrons. The molecular formula is C23H52N4. The van der Waals surface area contributed by atoms with Crippen LogP contribution in [0.2, 0.25) is 0 Å². The molecule has 0 atom stereocenters. The third-order valence-electron chi connectivity index (χ3n) is 5.47. The zero-order valence-electron chi connectivity index (χ0n) is 18.6. The first kappa shape index (κ1) is 26.8. The SMILES string of the molecule is CCCCCCCCCCCCCCCCC(CNCCN)CNCCN. The van der Waals surface area contributed by atoms with Crippen molar-refractivity contribution in [3.8, 4) is 0 Å². The Labute approximate surface area is 171 Å². The second-order valence-corrected chi connectivity index (χ2v) is 8.24. The predicted octanol–water partition coefficient (Wildman–Crippen LogP) is 4.57. The lowest BCUT2D eigenvalue weighted by Gasteiger charge is -2.18. The van der Waals surface area contributed by atoms with E-state index in [0.717, 1.165) is 39.3 Å². The molecular weight excluding hydrogens is 332 g/mol. The Morgan fingerprint density at radius 2 is 0.926 bits per heavy atom. The van der Waals surface area contributed by atoms with Crippen LogP contribution in [0, 0.1) is 5.92 Å². The van der Waals surface area contributed by atoms with Crippen molar-refractivity contribution in [1.82, 2.24) is 10.6 Å². The van der Waals surface area contributed by atoms with Crippen molar-refractivity contribution in [1.29, 1.82) is 0 Å². The van der Waals surface area contributed by atoms with Gasteiger partial charge in [-0.1, -0.05) is 96.8 Å². The summed E-state index contributed by atoms with van der Waals surface area (Å²) in [6.45, 7) is 7.74. The third kappa shape index (κ3) is 22.0. The van der Waals surface area contributed by atoms with E-state index < -0.39 is 0 Å². The number of hydrogen-bond acceptors (Lipinski definition) is 4. The molecule has 0 spiro atoms. The highest BCUT2D eigenvalue weighted by molar-refractivity contribution is 4.66. The van der Waals surface area contributed by atoms with Gasteiger partial charge in [0.05, 0.1) is 0 Å². The molecule has 0 aromatic carbocycles. The molecule has 0 aliphatic carbocycles. The van der Waals surface area contributed by atoms with Crippen LogP contribution in [0.25, 0.3) is 0 Å². The summed E-state index contributed by atoms with van der Waals surface area (Å²) in [5.41, 5.74) is 11.1. The summed E-state index contributed by atoms with van der Waals surface area (Å²) in [7, 11) is 0. The predicted molar refractivity (Wildman–Crippen MR) is 122 cm³/mol. The minimum absolute atomic E-state index is 0.709. The fourth-order valence-corrected chi connectivity index (χ4v) is 3.72. The summed E-state index contributed by atoms with van der Waals surface area (Å²) in [5.74, 6) is 0.709. The highest BCUT2D eigenvalue weighted by Crippen LogP contribution is 2.14. The molecule has 0 rings (SSSR count). The molecule has 0 fully saturated rings. The molecule has 0 saturated heterocycles. The van der Waals surface area contributed by atoms with Gasteiger partial charge in [-0.2, -0.15) is 0 Å². The van der Waals surface area contributed by atoms with E-state index in [-0.39, 0.29) is 0 Å². The Balaban J connectivity index is 3.39. The van der Waals surface area contributed by atoms with Crippen molar-refractivity contribution in [3.63, 3.8) is 0 Å². The second kappa shape index (κ2) is 23.9. The van der Waals surface area contributed by atoms with Crippen LogP contribution in [0.3, 0.4) is 0 Å². The van der Waals surface area contributed by atoms with Gasteiger partial charge in [0.25, 0.3) is 0 Å². The molecule has 4 nitrogen and oxygen atoms in total. The van der Waals surface area contributed by atoms with E-state index >= 15 is 0 Å². The first-order valence-corrected chi connectivity index (χ1v) is 12.2. The number of rotatable bonds is 23. The number of nitrogens with two attached hydrogens (primary N) is 2. The fraction of sp³-hybridized carbons (Fsp3) is 1.00. The van der Waals surface area contributed by atoms with E-state index in [1.165, 1.54) is 96.3 Å². The van der Waals surface area contributed by atoms with Gasteiger partial charge in [-0.25, -0.2) is 0 Å². The van der Waals surface area contributed by atoms with E-state index in [1.807, 2.05) is 0 Å². The summed E-state index contributed by atoms with van der Waals surface area (Å²) in [5, 5.41) is 6.93. The molecule has 27 heavy (non-hydrogen) atoms. The van der Waals surface area contributed by atoms with Crippen LogP contribution in [0.5, 0.6) is 0 Å². The lowest BCUT2D eigenvalue weighted by atomic mass is 9.99. The molecule has 0 saturated carbocycles. The Hall–Kier alpha value is -0.160. The van der Waals surface area contributed by atoms with Crippen molar-refractivity contribution in [3.05, 3.63) is 0 Å². The summed E-state index contributed by atoms with van der Waals surface area (Å²) in [6.07, 6.45) is 21.3. The minimum Gasteiger partial charge on any atom is -0.329 e. The van der Waals surface area contributed by atoms with E-state index in [9.17, 15) is 0 Å². The summed E-state index contributed by atoms with van der Waals surface area (Å²) in [6, 6.07) is 0. The molecule has 0 heterocycles. The maximum atomic E-state index is 5.57. The van der Waals surface area contributed by atoms with Crippen LogP contribution in [-0.2, 0) is 0 Å². The van der Waals surface area contributed by atoms with E-state index in [4.69, 9.17) is 11.5 Å². The average molecular weight is 385 g/mol. The highest BCUT2D eigenvalue weighted by atomic mass is 14.9. The van der Waals surface area contributed by atoms with Crippen molar-refractivity contribution < 1.29 is 0 Å². The maximum Gasteiger partial charge on any atom is 0.00746 e. The fourth-order valence-electron chi connectivity index (χ4n) is 3.72. The Morgan fingerprint density at radius 3 is 1.30 bits per heavy atom. The Bertz CT molecular complexity index is 251. The molecule has 6 N–H and O–H groups in total. The van der Waals surface area contributed by atoms with Gasteiger partial charge in [0.15, 0.2) is 0 Å². The minimum atomic E-state index is 0.709. The summed E-state index contributed by atoms with van der Waals surface area (Å²) < 4.78 is 0. The lowest BCUT2D eigenvalue weighted by molar-refractivity contribution is 0.401. The lowest BCUT2D eigenvalue weighted by Crippen LogP contribution is -2.35. The first-order valence-electron chi connectivity index (χ1n) is 12.2. The molecule has 0 aromatic heterocycles. The van der Waals surface area contributed by atoms with E-state index in [2.05, 4.69) is 17.6 Å². The van der Waals surface area contributed by atoms with Gasteiger partial charge in [0, 0.05) is 26.2 Å². The van der Waals surface area contributed by atoms with Gasteiger partial charge in [-0.15, -0.1) is 0 Å². The standard InChI is InChI=1S/C23H52N4/c1-2-3-4-5-6-7-8-9-10-11-12-13-14-15-16-23(21-26-19-17-24)22-27-20-18-25/h23,26-27H,2-22,24-25H2,1H3. The smallest absolute Gasteiger partial charge is 0.00746 e. The van der Waals surface area contributed by atoms with Crippen LogP contribution in [0.4, 0.5) is 0 Å². The van der Waals surface area contributed by atoms with Crippen molar-refractivity contribution >= 4 is 0 Å². The van der Waals surface area contributed by atoms with Gasteiger partial charge in [0.2, 0.25) is 0 Å².